The van der Waals surface area contributed by atoms with E-state index in [0.717, 1.165) is 38.6 Å². The molecule has 0 fully saturated rings. The standard InChI is InChI=1S/C44H24N4/c1-2-10-28(11-3-1)42-39-29-13-5-4-9-25(29)18-22-32(39)45-44(46-42)48-35-23-19-26-12-8-16-34-37(26)40(35)41-36(48)24-20-27-17-21-31-30-14-6-7-15-33(30)47(34)43(31)38(27)41/h1-24H. The average Bonchev–Trinajstić information content (AvgIpc) is 3.63. The van der Waals surface area contributed by atoms with E-state index in [9.17, 15) is 0 Å². The lowest BCUT2D eigenvalue weighted by atomic mass is 9.98. The van der Waals surface area contributed by atoms with E-state index < -0.39 is 0 Å². The Morgan fingerprint density at radius 3 is 1.92 bits per heavy atom. The first-order chi connectivity index (χ1) is 23.8. The smallest absolute Gasteiger partial charge is 0.235 e. The highest BCUT2D eigenvalue weighted by atomic mass is 15.2. The summed E-state index contributed by atoms with van der Waals surface area (Å²) >= 11 is 0. The van der Waals surface area contributed by atoms with Gasteiger partial charge in [-0.2, -0.15) is 0 Å². The normalized spacial score (nSPS) is 12.6. The summed E-state index contributed by atoms with van der Waals surface area (Å²) in [5.41, 5.74) is 8.89. The molecule has 0 bridgehead atoms. The number of aromatic nitrogens is 4. The van der Waals surface area contributed by atoms with Gasteiger partial charge in [0.25, 0.3) is 0 Å². The van der Waals surface area contributed by atoms with Crippen molar-refractivity contribution in [3.05, 3.63) is 146 Å². The van der Waals surface area contributed by atoms with Crippen molar-refractivity contribution in [3.63, 3.8) is 0 Å². The van der Waals surface area contributed by atoms with E-state index in [0.29, 0.717) is 5.95 Å². The summed E-state index contributed by atoms with van der Waals surface area (Å²) in [4.78, 5) is 10.8. The van der Waals surface area contributed by atoms with Crippen LogP contribution in [-0.4, -0.2) is 18.9 Å². The van der Waals surface area contributed by atoms with Gasteiger partial charge in [-0.1, -0.05) is 115 Å². The Kier molecular flexibility index (Phi) is 4.44. The zero-order chi connectivity index (χ0) is 31.1. The zero-order valence-corrected chi connectivity index (χ0v) is 25.6. The molecule has 0 saturated carbocycles. The monoisotopic (exact) mass is 608 g/mol. The molecule has 12 aromatic rings. The van der Waals surface area contributed by atoms with Gasteiger partial charge >= 0.3 is 0 Å². The minimum Gasteiger partial charge on any atom is -0.308 e. The molecule has 4 heterocycles. The van der Waals surface area contributed by atoms with Gasteiger partial charge in [0.2, 0.25) is 5.95 Å². The third-order valence-corrected chi connectivity index (χ3v) is 10.6. The number of benzene rings is 8. The van der Waals surface area contributed by atoms with Gasteiger partial charge in [-0.05, 0) is 51.9 Å². The van der Waals surface area contributed by atoms with Crippen LogP contribution in [0.5, 0.6) is 0 Å². The number of rotatable bonds is 2. The molecule has 0 aliphatic heterocycles. The van der Waals surface area contributed by atoms with E-state index in [1.807, 2.05) is 0 Å². The van der Waals surface area contributed by atoms with Crippen LogP contribution in [0.3, 0.4) is 0 Å². The summed E-state index contributed by atoms with van der Waals surface area (Å²) in [6, 6.07) is 52.6. The predicted octanol–water partition coefficient (Wildman–Crippen LogP) is 11.3. The molecule has 8 aromatic carbocycles. The van der Waals surface area contributed by atoms with Crippen LogP contribution in [0.15, 0.2) is 146 Å². The van der Waals surface area contributed by atoms with Gasteiger partial charge in [-0.3, -0.25) is 4.57 Å². The molecule has 4 aromatic heterocycles. The topological polar surface area (TPSA) is 35.1 Å². The van der Waals surface area contributed by atoms with Crippen LogP contribution in [0, 0.1) is 0 Å². The van der Waals surface area contributed by atoms with Crippen LogP contribution >= 0.6 is 0 Å². The van der Waals surface area contributed by atoms with Crippen molar-refractivity contribution < 1.29 is 0 Å². The van der Waals surface area contributed by atoms with E-state index in [2.05, 4.69) is 155 Å². The molecule has 220 valence electrons. The second-order valence-electron chi connectivity index (χ2n) is 13.0. The Bertz CT molecular complexity index is 3280. The van der Waals surface area contributed by atoms with Crippen molar-refractivity contribution in [2.75, 3.05) is 0 Å². The number of hydrogen-bond acceptors (Lipinski definition) is 2. The van der Waals surface area contributed by atoms with E-state index in [1.165, 1.54) is 65.0 Å². The van der Waals surface area contributed by atoms with E-state index in [4.69, 9.17) is 9.97 Å². The first-order valence-electron chi connectivity index (χ1n) is 16.4. The molecule has 0 N–H and O–H groups in total. The fraction of sp³-hybridized carbons (Fsp3) is 0. The van der Waals surface area contributed by atoms with Crippen LogP contribution < -0.4 is 0 Å². The fourth-order valence-corrected chi connectivity index (χ4v) is 8.66. The molecule has 12 rings (SSSR count). The van der Waals surface area contributed by atoms with Crippen LogP contribution in [0.25, 0.3) is 110 Å². The van der Waals surface area contributed by atoms with Gasteiger partial charge in [-0.15, -0.1) is 0 Å². The summed E-state index contributed by atoms with van der Waals surface area (Å²) in [5.74, 6) is 0.682. The number of fused-ring (bicyclic) bond motifs is 7. The lowest BCUT2D eigenvalue weighted by Gasteiger charge is -2.14. The minimum atomic E-state index is 0.682. The maximum atomic E-state index is 5.48. The van der Waals surface area contributed by atoms with Crippen molar-refractivity contribution in [1.82, 2.24) is 18.9 Å². The minimum absolute atomic E-state index is 0.682. The van der Waals surface area contributed by atoms with Gasteiger partial charge in [-0.25, -0.2) is 9.97 Å². The van der Waals surface area contributed by atoms with Crippen molar-refractivity contribution in [3.8, 4) is 17.2 Å². The van der Waals surface area contributed by atoms with Crippen molar-refractivity contribution in [1.29, 1.82) is 0 Å². The summed E-state index contributed by atoms with van der Waals surface area (Å²) in [6.45, 7) is 0. The molecule has 0 saturated heterocycles. The maximum absolute atomic E-state index is 5.48. The largest absolute Gasteiger partial charge is 0.308 e. The summed E-state index contributed by atoms with van der Waals surface area (Å²) in [7, 11) is 0. The summed E-state index contributed by atoms with van der Waals surface area (Å²) < 4.78 is 4.81. The molecule has 0 aliphatic carbocycles. The zero-order valence-electron chi connectivity index (χ0n) is 25.6. The molecule has 4 nitrogen and oxygen atoms in total. The molecule has 0 unspecified atom stereocenters. The molecule has 48 heavy (non-hydrogen) atoms. The third kappa shape index (κ3) is 2.92. The summed E-state index contributed by atoms with van der Waals surface area (Å²) in [5, 5.41) is 13.5. The Morgan fingerprint density at radius 2 is 1.04 bits per heavy atom. The quantitative estimate of drug-likeness (QED) is 0.183. The molecule has 0 spiro atoms. The summed E-state index contributed by atoms with van der Waals surface area (Å²) in [6.07, 6.45) is 0. The lowest BCUT2D eigenvalue weighted by Crippen LogP contribution is -2.04. The van der Waals surface area contributed by atoms with Gasteiger partial charge in [0, 0.05) is 43.3 Å². The van der Waals surface area contributed by atoms with Crippen molar-refractivity contribution in [2.24, 2.45) is 0 Å². The Balaban J connectivity index is 1.33. The lowest BCUT2D eigenvalue weighted by molar-refractivity contribution is 1.01. The van der Waals surface area contributed by atoms with Crippen LogP contribution in [0.4, 0.5) is 0 Å². The maximum Gasteiger partial charge on any atom is 0.235 e. The average molecular weight is 609 g/mol. The SMILES string of the molecule is c1ccc(-c2nc(-n3c4ccc5cccc6c5c4c4c5c(ccc7c8ccccc8n6c75)ccc43)nc3ccc4ccccc4c23)cc1. The first kappa shape index (κ1) is 24.7. The van der Waals surface area contributed by atoms with Crippen LogP contribution in [0.2, 0.25) is 0 Å². The van der Waals surface area contributed by atoms with Crippen LogP contribution in [-0.2, 0) is 0 Å². The van der Waals surface area contributed by atoms with E-state index >= 15 is 0 Å². The molecule has 4 heteroatoms. The van der Waals surface area contributed by atoms with Crippen LogP contribution in [0.1, 0.15) is 0 Å². The van der Waals surface area contributed by atoms with Gasteiger partial charge in [0.15, 0.2) is 0 Å². The van der Waals surface area contributed by atoms with Crippen molar-refractivity contribution >= 4 is 92.3 Å². The first-order valence-corrected chi connectivity index (χ1v) is 16.4. The molecule has 0 atom stereocenters. The Hall–Kier alpha value is -6.52. The highest BCUT2D eigenvalue weighted by Gasteiger charge is 2.25. The number of para-hydroxylation sites is 1. The number of nitrogens with zero attached hydrogens (tertiary/aromatic N) is 4. The highest BCUT2D eigenvalue weighted by Crippen LogP contribution is 2.47. The fourth-order valence-electron chi connectivity index (χ4n) is 8.66. The van der Waals surface area contributed by atoms with E-state index in [1.54, 1.807) is 0 Å². The molecular weight excluding hydrogens is 585 g/mol. The van der Waals surface area contributed by atoms with Gasteiger partial charge in [0.05, 0.1) is 38.8 Å². The third-order valence-electron chi connectivity index (χ3n) is 10.6. The Morgan fingerprint density at radius 1 is 0.375 bits per heavy atom. The number of hydrogen-bond donors (Lipinski definition) is 0. The molecule has 0 amide bonds. The van der Waals surface area contributed by atoms with Gasteiger partial charge < -0.3 is 4.40 Å². The molecular formula is C44H24N4. The van der Waals surface area contributed by atoms with Gasteiger partial charge in [0.1, 0.15) is 0 Å². The second kappa shape index (κ2) is 8.64. The Labute approximate surface area is 273 Å². The highest BCUT2D eigenvalue weighted by molar-refractivity contribution is 6.37. The van der Waals surface area contributed by atoms with Crippen molar-refractivity contribution in [2.45, 2.75) is 0 Å². The molecule has 0 aliphatic rings. The predicted molar refractivity (Wildman–Crippen MR) is 200 cm³/mol. The van der Waals surface area contributed by atoms with E-state index in [-0.39, 0.29) is 0 Å². The molecule has 0 radical (unpaired) electrons. The second-order valence-corrected chi connectivity index (χ2v) is 13.0.